The summed E-state index contributed by atoms with van der Waals surface area (Å²) in [6.07, 6.45) is 5.30. The van der Waals surface area contributed by atoms with Gasteiger partial charge in [-0.25, -0.2) is 4.98 Å². The number of rotatable bonds is 8. The summed E-state index contributed by atoms with van der Waals surface area (Å²) >= 11 is 0. The van der Waals surface area contributed by atoms with Crippen molar-refractivity contribution in [3.63, 3.8) is 0 Å². The van der Waals surface area contributed by atoms with Crippen LogP contribution in [0.3, 0.4) is 0 Å². The molecule has 2 atom stereocenters. The van der Waals surface area contributed by atoms with E-state index < -0.39 is 0 Å². The van der Waals surface area contributed by atoms with Crippen molar-refractivity contribution in [1.82, 2.24) is 34.5 Å². The number of carbonyl (C=O) groups is 2. The molecule has 2 N–H and O–H groups in total. The van der Waals surface area contributed by atoms with Gasteiger partial charge in [0, 0.05) is 56.9 Å². The van der Waals surface area contributed by atoms with E-state index in [-0.39, 0.29) is 29.3 Å². The largest absolute Gasteiger partial charge is 0.348 e. The Balaban J connectivity index is 1.31. The Morgan fingerprint density at radius 1 is 0.977 bits per heavy atom. The molecule has 0 bridgehead atoms. The highest BCUT2D eigenvalue weighted by molar-refractivity contribution is 5.94. The molecule has 3 heterocycles. The van der Waals surface area contributed by atoms with Crippen LogP contribution in [0.1, 0.15) is 61.1 Å². The SMILES string of the molecule is CN(C)C(=O)C(c1ccc(Nc2nc(N3CCC[C@H](NC(=O)c4ccc(C(C)(C)C)cc4)C3)nc3nccn23)cc1)N(C)C. The number of anilines is 3. The molecule has 0 saturated carbocycles. The Morgan fingerprint density at radius 3 is 2.32 bits per heavy atom. The van der Waals surface area contributed by atoms with Gasteiger partial charge in [0.15, 0.2) is 0 Å². The number of carbonyl (C=O) groups excluding carboxylic acids is 2. The molecule has 11 nitrogen and oxygen atoms in total. The molecule has 0 aliphatic carbocycles. The Hall–Kier alpha value is -4.51. The molecule has 1 aliphatic rings. The lowest BCUT2D eigenvalue weighted by Gasteiger charge is -2.33. The normalized spacial score (nSPS) is 16.2. The number of piperidine rings is 1. The number of hydrogen-bond acceptors (Lipinski definition) is 8. The van der Waals surface area contributed by atoms with Crippen molar-refractivity contribution in [3.05, 3.63) is 77.6 Å². The first-order valence-corrected chi connectivity index (χ1v) is 15.0. The van der Waals surface area contributed by atoms with Crippen LogP contribution in [0, 0.1) is 0 Å². The monoisotopic (exact) mass is 597 g/mol. The number of amides is 2. The van der Waals surface area contributed by atoms with Crippen molar-refractivity contribution in [3.8, 4) is 0 Å². The third-order valence-electron chi connectivity index (χ3n) is 7.98. The summed E-state index contributed by atoms with van der Waals surface area (Å²) in [5.41, 5.74) is 3.62. The summed E-state index contributed by atoms with van der Waals surface area (Å²) in [6, 6.07) is 15.3. The zero-order valence-corrected chi connectivity index (χ0v) is 26.7. The molecule has 1 unspecified atom stereocenters. The molecule has 44 heavy (non-hydrogen) atoms. The minimum atomic E-state index is -0.375. The Morgan fingerprint density at radius 2 is 1.68 bits per heavy atom. The topological polar surface area (TPSA) is 111 Å². The van der Waals surface area contributed by atoms with Gasteiger partial charge in [0.1, 0.15) is 6.04 Å². The smallest absolute Gasteiger partial charge is 0.251 e. The van der Waals surface area contributed by atoms with E-state index in [1.54, 1.807) is 29.6 Å². The second kappa shape index (κ2) is 12.6. The number of nitrogens with zero attached hydrogens (tertiary/aromatic N) is 7. The Bertz CT molecular complexity index is 1610. The van der Waals surface area contributed by atoms with E-state index in [9.17, 15) is 9.59 Å². The first kappa shape index (κ1) is 30.9. The molecule has 11 heteroatoms. The van der Waals surface area contributed by atoms with Crippen molar-refractivity contribution in [2.24, 2.45) is 0 Å². The van der Waals surface area contributed by atoms with Crippen LogP contribution in [-0.4, -0.2) is 88.3 Å². The van der Waals surface area contributed by atoms with Crippen LogP contribution in [0.25, 0.3) is 5.78 Å². The van der Waals surface area contributed by atoms with Crippen LogP contribution in [0.2, 0.25) is 0 Å². The maximum Gasteiger partial charge on any atom is 0.251 e. The molecular formula is C33H43N9O2. The van der Waals surface area contributed by atoms with Crippen molar-refractivity contribution < 1.29 is 9.59 Å². The molecule has 0 radical (unpaired) electrons. The molecule has 4 aromatic rings. The maximum absolute atomic E-state index is 13.1. The lowest BCUT2D eigenvalue weighted by molar-refractivity contribution is -0.133. The van der Waals surface area contributed by atoms with Crippen molar-refractivity contribution >= 4 is 35.2 Å². The van der Waals surface area contributed by atoms with Gasteiger partial charge in [0.25, 0.3) is 5.91 Å². The van der Waals surface area contributed by atoms with E-state index in [1.807, 2.05) is 73.7 Å². The predicted molar refractivity (Wildman–Crippen MR) is 173 cm³/mol. The van der Waals surface area contributed by atoms with Gasteiger partial charge in [-0.2, -0.15) is 9.97 Å². The van der Waals surface area contributed by atoms with Crippen LogP contribution >= 0.6 is 0 Å². The summed E-state index contributed by atoms with van der Waals surface area (Å²) < 4.78 is 1.81. The third-order valence-corrected chi connectivity index (χ3v) is 7.98. The van der Waals surface area contributed by atoms with Crippen molar-refractivity contribution in [2.45, 2.75) is 51.1 Å². The molecular weight excluding hydrogens is 554 g/mol. The Kier molecular flexibility index (Phi) is 8.87. The van der Waals surface area contributed by atoms with Gasteiger partial charge in [0.05, 0.1) is 0 Å². The lowest BCUT2D eigenvalue weighted by atomic mass is 9.86. The molecule has 0 spiro atoms. The second-order valence-corrected chi connectivity index (χ2v) is 12.9. The molecule has 2 aromatic carbocycles. The molecule has 1 saturated heterocycles. The number of imidazole rings is 1. The maximum atomic E-state index is 13.1. The standard InChI is InChI=1S/C33H43N9O2/c1-33(2,3)24-14-10-23(11-15-24)28(43)35-26-9-8-19-41(21-26)31-37-30-34-18-20-42(30)32(38-31)36-25-16-12-22(13-17-25)27(39(4)5)29(44)40(6)7/h10-18,20,26-27H,8-9,19,21H2,1-7H3,(H,35,43)(H,34,36,37,38)/t26-,27?/m0/s1. The number of fused-ring (bicyclic) bond motifs is 1. The van der Waals surface area contributed by atoms with E-state index in [0.717, 1.165) is 30.6 Å². The second-order valence-electron chi connectivity index (χ2n) is 12.9. The minimum Gasteiger partial charge on any atom is -0.348 e. The zero-order chi connectivity index (χ0) is 31.6. The van der Waals surface area contributed by atoms with Crippen LogP contribution in [0.5, 0.6) is 0 Å². The highest BCUT2D eigenvalue weighted by Crippen LogP contribution is 2.26. The fourth-order valence-electron chi connectivity index (χ4n) is 5.49. The van der Waals surface area contributed by atoms with Crippen LogP contribution in [0.15, 0.2) is 60.9 Å². The molecule has 232 valence electrons. The van der Waals surface area contributed by atoms with Gasteiger partial charge < -0.3 is 20.4 Å². The van der Waals surface area contributed by atoms with Gasteiger partial charge in [0.2, 0.25) is 23.6 Å². The van der Waals surface area contributed by atoms with Gasteiger partial charge in [-0.3, -0.25) is 18.9 Å². The van der Waals surface area contributed by atoms with Gasteiger partial charge in [-0.05, 0) is 67.7 Å². The number of likely N-dealkylation sites (N-methyl/N-ethyl adjacent to an activating group) is 2. The fraction of sp³-hybridized carbons (Fsp3) is 0.424. The third kappa shape index (κ3) is 6.83. The summed E-state index contributed by atoms with van der Waals surface area (Å²) in [7, 11) is 7.33. The van der Waals surface area contributed by atoms with Crippen molar-refractivity contribution in [2.75, 3.05) is 51.5 Å². The van der Waals surface area contributed by atoms with E-state index in [0.29, 0.717) is 29.8 Å². The number of benzene rings is 2. The van der Waals surface area contributed by atoms with Gasteiger partial charge >= 0.3 is 0 Å². The summed E-state index contributed by atoms with van der Waals surface area (Å²) in [6.45, 7) is 7.87. The highest BCUT2D eigenvalue weighted by atomic mass is 16.2. The van der Waals surface area contributed by atoms with Crippen LogP contribution < -0.4 is 15.5 Å². The highest BCUT2D eigenvalue weighted by Gasteiger charge is 2.26. The molecule has 1 aliphatic heterocycles. The van der Waals surface area contributed by atoms with Gasteiger partial charge in [-0.1, -0.05) is 45.0 Å². The number of nitrogens with one attached hydrogen (secondary N) is 2. The van der Waals surface area contributed by atoms with E-state index >= 15 is 0 Å². The zero-order valence-electron chi connectivity index (χ0n) is 26.7. The van der Waals surface area contributed by atoms with E-state index in [1.165, 1.54) is 5.56 Å². The first-order chi connectivity index (χ1) is 20.9. The van der Waals surface area contributed by atoms with Crippen LogP contribution in [0.4, 0.5) is 17.6 Å². The number of hydrogen-bond donors (Lipinski definition) is 2. The van der Waals surface area contributed by atoms with Gasteiger partial charge in [-0.15, -0.1) is 0 Å². The molecule has 2 amide bonds. The Labute approximate surface area is 259 Å². The fourth-order valence-corrected chi connectivity index (χ4v) is 5.49. The average Bonchev–Trinajstić information content (AvgIpc) is 3.47. The lowest BCUT2D eigenvalue weighted by Crippen LogP contribution is -2.48. The average molecular weight is 598 g/mol. The molecule has 1 fully saturated rings. The summed E-state index contributed by atoms with van der Waals surface area (Å²) in [5.74, 6) is 1.61. The quantitative estimate of drug-likeness (QED) is 0.310. The first-order valence-electron chi connectivity index (χ1n) is 15.0. The van der Waals surface area contributed by atoms with Crippen LogP contribution in [-0.2, 0) is 10.2 Å². The van der Waals surface area contributed by atoms with E-state index in [2.05, 4.69) is 41.3 Å². The molecule has 2 aromatic heterocycles. The van der Waals surface area contributed by atoms with Crippen molar-refractivity contribution in [1.29, 1.82) is 0 Å². The number of aromatic nitrogens is 4. The minimum absolute atomic E-state index is 0.0192. The predicted octanol–water partition coefficient (Wildman–Crippen LogP) is 4.26. The summed E-state index contributed by atoms with van der Waals surface area (Å²) in [4.78, 5) is 45.5. The summed E-state index contributed by atoms with van der Waals surface area (Å²) in [5, 5.41) is 6.62. The molecule has 5 rings (SSSR count). The van der Waals surface area contributed by atoms with E-state index in [4.69, 9.17) is 9.97 Å².